The second-order valence-electron chi connectivity index (χ2n) is 6.64. The molecule has 0 fully saturated rings. The first kappa shape index (κ1) is 17.5. The fraction of sp³-hybridized carbons (Fsp3) is 0.143. The number of benzene rings is 2. The van der Waals surface area contributed by atoms with Crippen molar-refractivity contribution in [2.45, 2.75) is 19.0 Å². The van der Waals surface area contributed by atoms with Gasteiger partial charge in [-0.05, 0) is 57.4 Å². The third-order valence-electron chi connectivity index (χ3n) is 4.91. The Morgan fingerprint density at radius 3 is 2.63 bits per heavy atom. The molecule has 4 N–H and O–H groups in total. The van der Waals surface area contributed by atoms with Crippen molar-refractivity contribution in [3.8, 4) is 0 Å². The topological polar surface area (TPSA) is 85.2 Å². The van der Waals surface area contributed by atoms with Crippen molar-refractivity contribution in [2.24, 2.45) is 0 Å². The maximum Gasteiger partial charge on any atom is 0.255 e. The number of anilines is 2. The molecule has 2 aromatic carbocycles. The van der Waals surface area contributed by atoms with E-state index in [0.29, 0.717) is 24.3 Å². The first-order valence-electron chi connectivity index (χ1n) is 8.68. The Labute approximate surface area is 166 Å². The van der Waals surface area contributed by atoms with Crippen LogP contribution in [0, 0.1) is 0 Å². The van der Waals surface area contributed by atoms with Gasteiger partial charge in [0.1, 0.15) is 0 Å². The van der Waals surface area contributed by atoms with Gasteiger partial charge in [0.05, 0.1) is 23.1 Å². The van der Waals surface area contributed by atoms with Gasteiger partial charge in [0.15, 0.2) is 0 Å². The summed E-state index contributed by atoms with van der Waals surface area (Å²) in [5.41, 5.74) is 16.5. The Morgan fingerprint density at radius 2 is 1.85 bits per heavy atom. The SMILES string of the molecule is Nc1ccc(CN2C(=O)c3ccccc3C2Cc2ncccc2Br)cc1N. The predicted molar refractivity (Wildman–Crippen MR) is 110 cm³/mol. The van der Waals surface area contributed by atoms with Crippen LogP contribution in [-0.4, -0.2) is 15.8 Å². The molecule has 0 aliphatic carbocycles. The molecule has 4 rings (SSSR count). The Morgan fingerprint density at radius 1 is 1.04 bits per heavy atom. The largest absolute Gasteiger partial charge is 0.397 e. The standard InChI is InChI=1S/C21H19BrN4O/c22-16-6-3-9-25-19(16)11-20-14-4-1-2-5-15(14)21(27)26(20)12-13-7-8-17(23)18(24)10-13/h1-10,20H,11-12,23-24H2. The molecule has 0 saturated heterocycles. The van der Waals surface area contributed by atoms with Gasteiger partial charge in [-0.1, -0.05) is 24.3 Å². The molecule has 0 radical (unpaired) electrons. The first-order chi connectivity index (χ1) is 13.0. The lowest BCUT2D eigenvalue weighted by molar-refractivity contribution is 0.0708. The molecule has 1 atom stereocenters. The van der Waals surface area contributed by atoms with Crippen LogP contribution in [0.2, 0.25) is 0 Å². The van der Waals surface area contributed by atoms with E-state index in [9.17, 15) is 4.79 Å². The van der Waals surface area contributed by atoms with Gasteiger partial charge in [0.25, 0.3) is 5.91 Å². The third-order valence-corrected chi connectivity index (χ3v) is 5.63. The van der Waals surface area contributed by atoms with Crippen molar-refractivity contribution in [2.75, 3.05) is 11.5 Å². The summed E-state index contributed by atoms with van der Waals surface area (Å²) in [5.74, 6) is 0.0260. The van der Waals surface area contributed by atoms with E-state index >= 15 is 0 Å². The zero-order chi connectivity index (χ0) is 19.0. The van der Waals surface area contributed by atoms with E-state index in [1.807, 2.05) is 53.4 Å². The second-order valence-corrected chi connectivity index (χ2v) is 7.49. The van der Waals surface area contributed by atoms with Crippen LogP contribution in [0.1, 0.15) is 33.2 Å². The van der Waals surface area contributed by atoms with Crippen molar-refractivity contribution in [1.82, 2.24) is 9.88 Å². The second kappa shape index (κ2) is 7.04. The lowest BCUT2D eigenvalue weighted by Gasteiger charge is -2.26. The minimum Gasteiger partial charge on any atom is -0.397 e. The Balaban J connectivity index is 1.71. The summed E-state index contributed by atoms with van der Waals surface area (Å²) in [6.07, 6.45) is 2.41. The third kappa shape index (κ3) is 3.28. The Hall–Kier alpha value is -2.86. The molecule has 0 spiro atoms. The number of aromatic nitrogens is 1. The van der Waals surface area contributed by atoms with Crippen LogP contribution in [0.3, 0.4) is 0 Å². The number of amides is 1. The monoisotopic (exact) mass is 422 g/mol. The number of rotatable bonds is 4. The van der Waals surface area contributed by atoms with E-state index < -0.39 is 0 Å². The number of halogens is 1. The van der Waals surface area contributed by atoms with Crippen molar-refractivity contribution in [3.63, 3.8) is 0 Å². The summed E-state index contributed by atoms with van der Waals surface area (Å²) in [6.45, 7) is 0.465. The molecule has 1 aliphatic rings. The van der Waals surface area contributed by atoms with Gasteiger partial charge in [0, 0.05) is 29.2 Å². The lowest BCUT2D eigenvalue weighted by atomic mass is 10.0. The predicted octanol–water partition coefficient (Wildman–Crippen LogP) is 3.95. The van der Waals surface area contributed by atoms with E-state index in [-0.39, 0.29) is 11.9 Å². The van der Waals surface area contributed by atoms with Crippen LogP contribution in [0.4, 0.5) is 11.4 Å². The molecule has 1 aromatic heterocycles. The Bertz CT molecular complexity index is 1020. The normalized spacial score (nSPS) is 15.8. The van der Waals surface area contributed by atoms with Crippen LogP contribution < -0.4 is 11.5 Å². The minimum absolute atomic E-state index is 0.0260. The van der Waals surface area contributed by atoms with Crippen molar-refractivity contribution in [3.05, 3.63) is 87.7 Å². The van der Waals surface area contributed by atoms with Crippen molar-refractivity contribution in [1.29, 1.82) is 0 Å². The first-order valence-corrected chi connectivity index (χ1v) is 9.47. The molecular weight excluding hydrogens is 404 g/mol. The number of nitrogens with zero attached hydrogens (tertiary/aromatic N) is 2. The summed E-state index contributed by atoms with van der Waals surface area (Å²) in [5, 5.41) is 0. The number of carbonyl (C=O) groups is 1. The van der Waals surface area contributed by atoms with E-state index in [0.717, 1.165) is 26.9 Å². The van der Waals surface area contributed by atoms with Crippen LogP contribution >= 0.6 is 15.9 Å². The highest BCUT2D eigenvalue weighted by molar-refractivity contribution is 9.10. The molecule has 1 amide bonds. The number of fused-ring (bicyclic) bond motifs is 1. The molecule has 5 nitrogen and oxygen atoms in total. The molecule has 0 saturated carbocycles. The van der Waals surface area contributed by atoms with E-state index in [2.05, 4.69) is 20.9 Å². The Kier molecular flexibility index (Phi) is 4.58. The smallest absolute Gasteiger partial charge is 0.255 e. The van der Waals surface area contributed by atoms with E-state index in [4.69, 9.17) is 11.5 Å². The molecule has 0 bridgehead atoms. The van der Waals surface area contributed by atoms with Gasteiger partial charge in [-0.15, -0.1) is 0 Å². The molecular formula is C21H19BrN4O. The number of nitrogen functional groups attached to an aromatic ring is 2. The number of hydrogen-bond acceptors (Lipinski definition) is 4. The maximum absolute atomic E-state index is 13.1. The van der Waals surface area contributed by atoms with Gasteiger partial charge in [-0.2, -0.15) is 0 Å². The van der Waals surface area contributed by atoms with Gasteiger partial charge in [-0.25, -0.2) is 0 Å². The maximum atomic E-state index is 13.1. The number of pyridine rings is 1. The zero-order valence-corrected chi connectivity index (χ0v) is 16.2. The number of carbonyl (C=O) groups excluding carboxylic acids is 1. The van der Waals surface area contributed by atoms with Crippen molar-refractivity contribution < 1.29 is 4.79 Å². The van der Waals surface area contributed by atoms with Crippen molar-refractivity contribution >= 4 is 33.2 Å². The lowest BCUT2D eigenvalue weighted by Crippen LogP contribution is -2.29. The number of hydrogen-bond donors (Lipinski definition) is 2. The highest BCUT2D eigenvalue weighted by Gasteiger charge is 2.36. The zero-order valence-electron chi connectivity index (χ0n) is 14.6. The van der Waals surface area contributed by atoms with Crippen LogP contribution in [0.5, 0.6) is 0 Å². The molecule has 136 valence electrons. The molecule has 27 heavy (non-hydrogen) atoms. The number of nitrogens with two attached hydrogens (primary N) is 2. The summed E-state index contributed by atoms with van der Waals surface area (Å²) < 4.78 is 0.943. The molecule has 6 heteroatoms. The summed E-state index contributed by atoms with van der Waals surface area (Å²) in [6, 6.07) is 17.1. The highest BCUT2D eigenvalue weighted by Crippen LogP contribution is 2.38. The van der Waals surface area contributed by atoms with Gasteiger partial charge in [-0.3, -0.25) is 9.78 Å². The van der Waals surface area contributed by atoms with Crippen LogP contribution in [-0.2, 0) is 13.0 Å². The average molecular weight is 423 g/mol. The van der Waals surface area contributed by atoms with Crippen LogP contribution in [0.15, 0.2) is 65.3 Å². The summed E-state index contributed by atoms with van der Waals surface area (Å²) in [4.78, 5) is 19.4. The average Bonchev–Trinajstić information content (AvgIpc) is 2.92. The summed E-state index contributed by atoms with van der Waals surface area (Å²) in [7, 11) is 0. The van der Waals surface area contributed by atoms with Gasteiger partial charge < -0.3 is 16.4 Å². The van der Waals surface area contributed by atoms with Gasteiger partial charge in [0.2, 0.25) is 0 Å². The fourth-order valence-electron chi connectivity index (χ4n) is 3.52. The molecule has 1 aliphatic heterocycles. The molecule has 2 heterocycles. The van der Waals surface area contributed by atoms with Crippen LogP contribution in [0.25, 0.3) is 0 Å². The van der Waals surface area contributed by atoms with Gasteiger partial charge >= 0.3 is 0 Å². The van der Waals surface area contributed by atoms with E-state index in [1.54, 1.807) is 12.3 Å². The minimum atomic E-state index is -0.0846. The quantitative estimate of drug-likeness (QED) is 0.623. The van der Waals surface area contributed by atoms with E-state index in [1.165, 1.54) is 0 Å². The molecule has 3 aromatic rings. The fourth-order valence-corrected chi connectivity index (χ4v) is 3.94. The summed E-state index contributed by atoms with van der Waals surface area (Å²) >= 11 is 3.57. The highest BCUT2D eigenvalue weighted by atomic mass is 79.9. The molecule has 1 unspecified atom stereocenters.